The number of nitrogens with one attached hydrogen (secondary N) is 1. The van der Waals surface area contributed by atoms with Crippen molar-refractivity contribution in [2.75, 3.05) is 7.11 Å². The summed E-state index contributed by atoms with van der Waals surface area (Å²) in [4.78, 5) is 18.1. The summed E-state index contributed by atoms with van der Waals surface area (Å²) in [7, 11) is 1.57. The highest BCUT2D eigenvalue weighted by Gasteiger charge is 2.15. The molecule has 1 aromatic heterocycles. The van der Waals surface area contributed by atoms with E-state index >= 15 is 0 Å². The lowest BCUT2D eigenvalue weighted by Crippen LogP contribution is -2.18. The smallest absolute Gasteiger partial charge is 0.272 e. The summed E-state index contributed by atoms with van der Waals surface area (Å²) in [5.74, 6) is 0.677. The fraction of sp³-hybridized carbons (Fsp3) is 0.0625. The summed E-state index contributed by atoms with van der Waals surface area (Å²) in [5.41, 5.74) is 7.59. The zero-order chi connectivity index (χ0) is 27.9. The lowest BCUT2D eigenvalue weighted by Gasteiger charge is -2.14. The highest BCUT2D eigenvalue weighted by molar-refractivity contribution is 14.1. The van der Waals surface area contributed by atoms with E-state index in [1.165, 1.54) is 6.21 Å². The number of para-hydroxylation sites is 1. The highest BCUT2D eigenvalue weighted by Crippen LogP contribution is 2.33. The zero-order valence-electron chi connectivity index (χ0n) is 21.5. The van der Waals surface area contributed by atoms with Crippen LogP contribution >= 0.6 is 22.6 Å². The molecule has 0 aliphatic rings. The Labute approximate surface area is 245 Å². The Morgan fingerprint density at radius 3 is 2.52 bits per heavy atom. The van der Waals surface area contributed by atoms with E-state index in [1.54, 1.807) is 25.3 Å². The van der Waals surface area contributed by atoms with Gasteiger partial charge in [0.1, 0.15) is 6.61 Å². The molecule has 8 heteroatoms. The number of nitrogens with zero attached hydrogens (tertiary/aromatic N) is 3. The minimum Gasteiger partial charge on any atom is -0.493 e. The molecule has 1 heterocycles. The van der Waals surface area contributed by atoms with Gasteiger partial charge in [-0.15, -0.1) is 0 Å². The average molecular weight is 638 g/mol. The maximum Gasteiger partial charge on any atom is 0.272 e. The first-order chi connectivity index (χ1) is 19.6. The minimum atomic E-state index is -0.357. The molecule has 0 saturated heterocycles. The molecule has 7 nitrogen and oxygen atoms in total. The molecular formula is C32H23IN4O3. The van der Waals surface area contributed by atoms with E-state index in [1.807, 2.05) is 78.9 Å². The minimum absolute atomic E-state index is 0.265. The van der Waals surface area contributed by atoms with Crippen molar-refractivity contribution in [2.45, 2.75) is 6.61 Å². The Bertz CT molecular complexity index is 1750. The first-order valence-electron chi connectivity index (χ1n) is 12.3. The lowest BCUT2D eigenvalue weighted by molar-refractivity contribution is 0.0956. The zero-order valence-corrected chi connectivity index (χ0v) is 23.6. The van der Waals surface area contributed by atoms with Gasteiger partial charge in [0.2, 0.25) is 0 Å². The third kappa shape index (κ3) is 6.11. The standard InChI is InChI=1S/C32H23IN4O3/c1-39-30-16-25(33)15-24(31(30)40-20-22-13-11-21(18-34)12-14-22)19-35-37-32(38)27-17-29(23-7-3-2-4-8-23)36-28-10-6-5-9-26(27)28/h2-17,19H,20H2,1H3,(H,37,38)/b35-19-. The molecule has 5 rings (SSSR count). The monoisotopic (exact) mass is 638 g/mol. The molecule has 40 heavy (non-hydrogen) atoms. The van der Waals surface area contributed by atoms with Gasteiger partial charge >= 0.3 is 0 Å². The molecule has 1 N–H and O–H groups in total. The molecule has 5 aromatic rings. The Hall–Kier alpha value is -4.75. The highest BCUT2D eigenvalue weighted by atomic mass is 127. The van der Waals surface area contributed by atoms with Crippen LogP contribution in [0.5, 0.6) is 11.5 Å². The summed E-state index contributed by atoms with van der Waals surface area (Å²) in [5, 5.41) is 14.0. The number of ether oxygens (including phenoxy) is 2. The number of aromatic nitrogens is 1. The van der Waals surface area contributed by atoms with Gasteiger partial charge in [0.25, 0.3) is 5.91 Å². The normalized spacial score (nSPS) is 10.8. The second kappa shape index (κ2) is 12.4. The summed E-state index contributed by atoms with van der Waals surface area (Å²) in [6, 6.07) is 32.1. The SMILES string of the molecule is COc1cc(I)cc(/C=N\NC(=O)c2cc(-c3ccccc3)nc3ccccc23)c1OCc1ccc(C#N)cc1. The number of carbonyl (C=O) groups is 1. The topological polar surface area (TPSA) is 96.6 Å². The molecule has 0 saturated carbocycles. The van der Waals surface area contributed by atoms with Gasteiger partial charge in [-0.05, 0) is 64.6 Å². The van der Waals surface area contributed by atoms with Crippen molar-refractivity contribution < 1.29 is 14.3 Å². The van der Waals surface area contributed by atoms with Crippen LogP contribution < -0.4 is 14.9 Å². The van der Waals surface area contributed by atoms with Gasteiger partial charge in [-0.1, -0.05) is 60.7 Å². The van der Waals surface area contributed by atoms with Gasteiger partial charge in [0.05, 0.1) is 41.7 Å². The second-order valence-electron chi connectivity index (χ2n) is 8.76. The third-order valence-electron chi connectivity index (χ3n) is 6.13. The van der Waals surface area contributed by atoms with Gasteiger partial charge in [-0.25, -0.2) is 10.4 Å². The third-order valence-corrected chi connectivity index (χ3v) is 6.76. The number of rotatable bonds is 8. The molecule has 0 bridgehead atoms. The molecule has 0 aliphatic carbocycles. The predicted molar refractivity (Wildman–Crippen MR) is 163 cm³/mol. The number of benzene rings is 4. The maximum absolute atomic E-state index is 13.3. The van der Waals surface area contributed by atoms with E-state index in [0.717, 1.165) is 25.6 Å². The summed E-state index contributed by atoms with van der Waals surface area (Å²) < 4.78 is 12.6. The molecule has 4 aromatic carbocycles. The summed E-state index contributed by atoms with van der Waals surface area (Å²) in [6.45, 7) is 0.265. The average Bonchev–Trinajstić information content (AvgIpc) is 3.00. The number of fused-ring (bicyclic) bond motifs is 1. The molecule has 0 spiro atoms. The fourth-order valence-corrected chi connectivity index (χ4v) is 4.78. The molecule has 0 fully saturated rings. The van der Waals surface area contributed by atoms with Crippen LogP contribution in [0.4, 0.5) is 0 Å². The van der Waals surface area contributed by atoms with E-state index in [4.69, 9.17) is 19.7 Å². The van der Waals surface area contributed by atoms with Crippen molar-refractivity contribution in [3.05, 3.63) is 123 Å². The quantitative estimate of drug-likeness (QED) is 0.116. The van der Waals surface area contributed by atoms with Crippen LogP contribution in [0.15, 0.2) is 102 Å². The van der Waals surface area contributed by atoms with Crippen LogP contribution in [0.1, 0.15) is 27.0 Å². The van der Waals surface area contributed by atoms with Crippen LogP contribution in [-0.2, 0) is 6.61 Å². The number of halogens is 1. The van der Waals surface area contributed by atoms with E-state index in [2.05, 4.69) is 39.2 Å². The van der Waals surface area contributed by atoms with Gasteiger partial charge in [-0.2, -0.15) is 10.4 Å². The number of nitriles is 1. The largest absolute Gasteiger partial charge is 0.493 e. The second-order valence-corrected chi connectivity index (χ2v) is 10.0. The first-order valence-corrected chi connectivity index (χ1v) is 13.4. The van der Waals surface area contributed by atoms with E-state index < -0.39 is 0 Å². The Morgan fingerprint density at radius 2 is 1.77 bits per heavy atom. The van der Waals surface area contributed by atoms with Crippen LogP contribution in [0.25, 0.3) is 22.2 Å². The molecular weight excluding hydrogens is 615 g/mol. The van der Waals surface area contributed by atoms with Crippen LogP contribution in [0.2, 0.25) is 0 Å². The van der Waals surface area contributed by atoms with Crippen molar-refractivity contribution in [3.8, 4) is 28.8 Å². The van der Waals surface area contributed by atoms with E-state index in [0.29, 0.717) is 33.9 Å². The number of hydrazone groups is 1. The number of carbonyl (C=O) groups excluding carboxylic acids is 1. The molecule has 0 unspecified atom stereocenters. The summed E-state index contributed by atoms with van der Waals surface area (Å²) >= 11 is 2.19. The maximum atomic E-state index is 13.3. The van der Waals surface area contributed by atoms with Gasteiger partial charge in [0.15, 0.2) is 11.5 Å². The van der Waals surface area contributed by atoms with E-state index in [9.17, 15) is 4.79 Å². The van der Waals surface area contributed by atoms with Gasteiger partial charge < -0.3 is 9.47 Å². The Balaban J connectivity index is 1.41. The lowest BCUT2D eigenvalue weighted by atomic mass is 10.0. The predicted octanol–water partition coefficient (Wildman–Crippen LogP) is 6.73. The number of hydrogen-bond acceptors (Lipinski definition) is 6. The van der Waals surface area contributed by atoms with Crippen molar-refractivity contribution in [1.29, 1.82) is 5.26 Å². The number of amides is 1. The fourth-order valence-electron chi connectivity index (χ4n) is 4.16. The number of methoxy groups -OCH3 is 1. The van der Waals surface area contributed by atoms with Crippen LogP contribution in [-0.4, -0.2) is 24.2 Å². The molecule has 1 amide bonds. The molecule has 0 radical (unpaired) electrons. The Morgan fingerprint density at radius 1 is 1.02 bits per heavy atom. The van der Waals surface area contributed by atoms with Gasteiger partial charge in [-0.3, -0.25) is 4.79 Å². The van der Waals surface area contributed by atoms with Gasteiger partial charge in [0, 0.05) is 20.1 Å². The van der Waals surface area contributed by atoms with Crippen LogP contribution in [0.3, 0.4) is 0 Å². The molecule has 0 atom stereocenters. The van der Waals surface area contributed by atoms with E-state index in [-0.39, 0.29) is 12.5 Å². The van der Waals surface area contributed by atoms with Crippen molar-refractivity contribution in [2.24, 2.45) is 5.10 Å². The molecule has 0 aliphatic heterocycles. The van der Waals surface area contributed by atoms with Crippen molar-refractivity contribution in [1.82, 2.24) is 10.4 Å². The summed E-state index contributed by atoms with van der Waals surface area (Å²) in [6.07, 6.45) is 1.54. The number of pyridine rings is 1. The Kier molecular flexibility index (Phi) is 8.32. The van der Waals surface area contributed by atoms with Crippen molar-refractivity contribution >= 4 is 45.6 Å². The molecule has 196 valence electrons. The van der Waals surface area contributed by atoms with Crippen molar-refractivity contribution in [3.63, 3.8) is 0 Å². The number of hydrogen-bond donors (Lipinski definition) is 1. The first kappa shape index (κ1) is 26.8. The van der Waals surface area contributed by atoms with Crippen LogP contribution in [0, 0.1) is 14.9 Å².